The van der Waals surface area contributed by atoms with Gasteiger partial charge in [0.25, 0.3) is 0 Å². The smallest absolute Gasteiger partial charge is 0.0982 e. The van der Waals surface area contributed by atoms with Crippen LogP contribution in [0.25, 0.3) is 0 Å². The van der Waals surface area contributed by atoms with Gasteiger partial charge >= 0.3 is 0 Å². The summed E-state index contributed by atoms with van der Waals surface area (Å²) in [5, 5.41) is 34.8. The van der Waals surface area contributed by atoms with Gasteiger partial charge in [-0.15, -0.1) is 0 Å². The molecule has 3 N–H and O–H groups in total. The standard InChI is InChI=1S/C22H22N3O3/c26-22(16-18-9-5-2-6-10-18)21(15-17-7-3-1-4-8-17)24-23-19-11-13-20(14-12-19)25(27)28/h1-14,22-23,26-27H,15-16H2/q-1. The van der Waals surface area contributed by atoms with Crippen LogP contribution in [0, 0.1) is 5.21 Å². The number of nitrogens with zero attached hydrogens (tertiary/aromatic N) is 2. The Morgan fingerprint density at radius 2 is 1.46 bits per heavy atom. The number of hydrogen-bond acceptors (Lipinski definition) is 6. The average molecular weight is 376 g/mol. The van der Waals surface area contributed by atoms with Crippen LogP contribution in [-0.4, -0.2) is 22.1 Å². The van der Waals surface area contributed by atoms with Crippen molar-refractivity contribution in [3.63, 3.8) is 0 Å². The number of nitrogens with one attached hydrogen (secondary N) is 1. The van der Waals surface area contributed by atoms with Gasteiger partial charge in [-0.2, -0.15) is 5.10 Å². The molecule has 1 unspecified atom stereocenters. The summed E-state index contributed by atoms with van der Waals surface area (Å²) in [6, 6.07) is 25.8. The summed E-state index contributed by atoms with van der Waals surface area (Å²) in [6.07, 6.45) is 0.220. The van der Waals surface area contributed by atoms with Gasteiger partial charge in [-0.25, -0.2) is 0 Å². The van der Waals surface area contributed by atoms with Gasteiger partial charge in [-0.1, -0.05) is 60.7 Å². The van der Waals surface area contributed by atoms with Crippen LogP contribution in [0.2, 0.25) is 0 Å². The molecule has 0 radical (unpaired) electrons. The van der Waals surface area contributed by atoms with Crippen LogP contribution in [0.4, 0.5) is 11.4 Å². The van der Waals surface area contributed by atoms with Gasteiger partial charge in [0.15, 0.2) is 0 Å². The average Bonchev–Trinajstić information content (AvgIpc) is 2.73. The second-order valence-corrected chi connectivity index (χ2v) is 6.40. The first-order chi connectivity index (χ1) is 13.6. The fourth-order valence-electron chi connectivity index (χ4n) is 2.79. The molecule has 0 aliphatic rings. The Kier molecular flexibility index (Phi) is 6.75. The monoisotopic (exact) mass is 376 g/mol. The Hall–Kier alpha value is -3.19. The molecule has 3 aromatic carbocycles. The molecular weight excluding hydrogens is 354 g/mol. The Morgan fingerprint density at radius 1 is 0.893 bits per heavy atom. The van der Waals surface area contributed by atoms with Crippen LogP contribution < -0.4 is 10.7 Å². The zero-order valence-corrected chi connectivity index (χ0v) is 15.3. The maximum Gasteiger partial charge on any atom is 0.0982 e. The van der Waals surface area contributed by atoms with Gasteiger partial charge in [0, 0.05) is 12.8 Å². The molecule has 0 saturated heterocycles. The first-order valence-corrected chi connectivity index (χ1v) is 8.96. The normalized spacial score (nSPS) is 12.5. The third-order valence-electron chi connectivity index (χ3n) is 4.30. The van der Waals surface area contributed by atoms with Crippen LogP contribution in [0.15, 0.2) is 90.0 Å². The molecule has 0 spiro atoms. The van der Waals surface area contributed by atoms with Gasteiger partial charge in [-0.05, 0) is 35.4 Å². The van der Waals surface area contributed by atoms with E-state index in [9.17, 15) is 10.3 Å². The Bertz CT molecular complexity index is 882. The predicted molar refractivity (Wildman–Crippen MR) is 111 cm³/mol. The van der Waals surface area contributed by atoms with E-state index in [0.717, 1.165) is 11.1 Å². The molecule has 0 aromatic heterocycles. The van der Waals surface area contributed by atoms with E-state index in [1.165, 1.54) is 12.1 Å². The van der Waals surface area contributed by atoms with Gasteiger partial charge < -0.3 is 15.5 Å². The fraction of sp³-hybridized carbons (Fsp3) is 0.136. The van der Waals surface area contributed by atoms with Crippen molar-refractivity contribution in [2.75, 3.05) is 10.7 Å². The fourth-order valence-corrected chi connectivity index (χ4v) is 2.79. The Balaban J connectivity index is 1.77. The second-order valence-electron chi connectivity index (χ2n) is 6.40. The lowest BCUT2D eigenvalue weighted by molar-refractivity contribution is 0.240. The van der Waals surface area contributed by atoms with Crippen LogP contribution >= 0.6 is 0 Å². The molecule has 0 heterocycles. The topological polar surface area (TPSA) is 91.2 Å². The molecule has 0 fully saturated rings. The molecule has 6 nitrogen and oxygen atoms in total. The van der Waals surface area contributed by atoms with Crippen molar-refractivity contribution < 1.29 is 10.3 Å². The zero-order valence-electron chi connectivity index (χ0n) is 15.3. The van der Waals surface area contributed by atoms with Crippen molar-refractivity contribution in [1.82, 2.24) is 0 Å². The van der Waals surface area contributed by atoms with Crippen LogP contribution in [-0.2, 0) is 12.8 Å². The van der Waals surface area contributed by atoms with E-state index in [0.29, 0.717) is 24.2 Å². The van der Waals surface area contributed by atoms with E-state index in [-0.39, 0.29) is 10.9 Å². The SMILES string of the molecule is [O-]N(O)c1ccc(NN=C(Cc2ccccc2)C(O)Cc2ccccc2)cc1. The van der Waals surface area contributed by atoms with Gasteiger partial charge in [-0.3, -0.25) is 10.6 Å². The predicted octanol–water partition coefficient (Wildman–Crippen LogP) is 3.99. The lowest BCUT2D eigenvalue weighted by Crippen LogP contribution is -2.26. The second kappa shape index (κ2) is 9.66. The minimum atomic E-state index is -0.746. The van der Waals surface area contributed by atoms with E-state index in [4.69, 9.17) is 5.21 Å². The van der Waals surface area contributed by atoms with E-state index < -0.39 is 6.10 Å². The van der Waals surface area contributed by atoms with Crippen LogP contribution in [0.1, 0.15) is 11.1 Å². The lowest BCUT2D eigenvalue weighted by Gasteiger charge is -2.21. The minimum absolute atomic E-state index is 0.128. The van der Waals surface area contributed by atoms with Gasteiger partial charge in [0.2, 0.25) is 0 Å². The largest absolute Gasteiger partial charge is 0.733 e. The summed E-state index contributed by atoms with van der Waals surface area (Å²) < 4.78 is 0. The number of aliphatic hydroxyl groups is 1. The summed E-state index contributed by atoms with van der Waals surface area (Å²) in [5.74, 6) is 0. The van der Waals surface area contributed by atoms with Gasteiger partial charge in [0.05, 0.1) is 23.2 Å². The van der Waals surface area contributed by atoms with Crippen molar-refractivity contribution in [2.45, 2.75) is 18.9 Å². The summed E-state index contributed by atoms with van der Waals surface area (Å²) in [6.45, 7) is 0. The molecule has 3 aromatic rings. The third kappa shape index (κ3) is 5.65. The summed E-state index contributed by atoms with van der Waals surface area (Å²) >= 11 is 0. The van der Waals surface area contributed by atoms with Crippen LogP contribution in [0.5, 0.6) is 0 Å². The van der Waals surface area contributed by atoms with Crippen molar-refractivity contribution in [1.29, 1.82) is 0 Å². The first kappa shape index (κ1) is 19.6. The summed E-state index contributed by atoms with van der Waals surface area (Å²) in [4.78, 5) is 0. The molecule has 144 valence electrons. The van der Waals surface area contributed by atoms with Crippen molar-refractivity contribution in [3.8, 4) is 0 Å². The number of hydrogen-bond donors (Lipinski definition) is 3. The molecule has 3 rings (SSSR count). The van der Waals surface area contributed by atoms with E-state index in [1.807, 2.05) is 60.7 Å². The molecular formula is C22H22N3O3-. The van der Waals surface area contributed by atoms with E-state index in [2.05, 4.69) is 10.5 Å². The maximum absolute atomic E-state index is 10.9. The zero-order chi connectivity index (χ0) is 19.8. The van der Waals surface area contributed by atoms with Crippen molar-refractivity contribution in [2.24, 2.45) is 5.10 Å². The number of hydrazone groups is 1. The molecule has 6 heteroatoms. The Labute approximate surface area is 163 Å². The number of benzene rings is 3. The number of rotatable bonds is 8. The van der Waals surface area contributed by atoms with Crippen molar-refractivity contribution in [3.05, 3.63) is 101 Å². The molecule has 0 amide bonds. The van der Waals surface area contributed by atoms with E-state index in [1.54, 1.807) is 12.1 Å². The lowest BCUT2D eigenvalue weighted by atomic mass is 9.99. The quantitative estimate of drug-likeness (QED) is 0.408. The van der Waals surface area contributed by atoms with Crippen molar-refractivity contribution >= 4 is 17.1 Å². The molecule has 0 saturated carbocycles. The minimum Gasteiger partial charge on any atom is -0.733 e. The summed E-state index contributed by atoms with van der Waals surface area (Å²) in [5.41, 5.74) is 6.37. The number of anilines is 2. The highest BCUT2D eigenvalue weighted by Gasteiger charge is 2.15. The Morgan fingerprint density at radius 3 is 2.04 bits per heavy atom. The van der Waals surface area contributed by atoms with Gasteiger partial charge in [0.1, 0.15) is 0 Å². The molecule has 28 heavy (non-hydrogen) atoms. The van der Waals surface area contributed by atoms with Crippen LogP contribution in [0.3, 0.4) is 0 Å². The third-order valence-corrected chi connectivity index (χ3v) is 4.30. The van der Waals surface area contributed by atoms with E-state index >= 15 is 0 Å². The molecule has 1 atom stereocenters. The number of aliphatic hydroxyl groups excluding tert-OH is 1. The highest BCUT2D eigenvalue weighted by molar-refractivity contribution is 5.91. The molecule has 0 bridgehead atoms. The highest BCUT2D eigenvalue weighted by Crippen LogP contribution is 2.16. The molecule has 0 aliphatic carbocycles. The molecule has 0 aliphatic heterocycles. The highest BCUT2D eigenvalue weighted by atomic mass is 16.8. The summed E-state index contributed by atoms with van der Waals surface area (Å²) in [7, 11) is 0. The first-order valence-electron chi connectivity index (χ1n) is 8.96. The maximum atomic E-state index is 10.9.